The second kappa shape index (κ2) is 5.87. The number of halogens is 1. The molecule has 0 radical (unpaired) electrons. The summed E-state index contributed by atoms with van der Waals surface area (Å²) in [6.07, 6.45) is 0. The number of aromatic nitrogens is 2. The van der Waals surface area contributed by atoms with Crippen molar-refractivity contribution in [1.29, 1.82) is 0 Å². The Hall–Kier alpha value is -2.91. The van der Waals surface area contributed by atoms with Crippen molar-refractivity contribution in [2.24, 2.45) is 0 Å². The normalized spacial score (nSPS) is 11.1. The Morgan fingerprint density at radius 3 is 2.92 bits per heavy atom. The number of non-ortho nitro benzene ring substituents is 1. The van der Waals surface area contributed by atoms with Crippen LogP contribution in [0.1, 0.15) is 0 Å². The molecule has 0 spiro atoms. The van der Waals surface area contributed by atoms with E-state index in [4.69, 9.17) is 20.8 Å². The number of ether oxygens (including phenoxy) is 1. The molecule has 0 aliphatic rings. The molecule has 0 bridgehead atoms. The van der Waals surface area contributed by atoms with Crippen LogP contribution in [0.5, 0.6) is 5.75 Å². The Kier molecular flexibility index (Phi) is 3.66. The minimum atomic E-state index is -0.490. The van der Waals surface area contributed by atoms with E-state index in [0.29, 0.717) is 31.7 Å². The maximum Gasteiger partial charge on any atom is 0.302 e. The molecule has 0 unspecified atom stereocenters. The number of oxazole rings is 1. The zero-order chi connectivity index (χ0) is 17.6. The number of benzene rings is 2. The molecule has 1 N–H and O–H groups in total. The summed E-state index contributed by atoms with van der Waals surface area (Å²) in [6, 6.07) is 8.35. The second-order valence-electron chi connectivity index (χ2n) is 5.03. The Labute approximate surface area is 149 Å². The van der Waals surface area contributed by atoms with Crippen LogP contribution in [-0.4, -0.2) is 22.0 Å². The Morgan fingerprint density at radius 1 is 1.32 bits per heavy atom. The third-order valence-electron chi connectivity index (χ3n) is 3.44. The fourth-order valence-electron chi connectivity index (χ4n) is 2.34. The van der Waals surface area contributed by atoms with E-state index >= 15 is 0 Å². The molecule has 2 aromatic carbocycles. The van der Waals surface area contributed by atoms with E-state index in [9.17, 15) is 10.1 Å². The van der Waals surface area contributed by atoms with Gasteiger partial charge in [0, 0.05) is 11.1 Å². The van der Waals surface area contributed by atoms with Crippen LogP contribution in [0.3, 0.4) is 0 Å². The van der Waals surface area contributed by atoms with E-state index in [1.165, 1.54) is 24.5 Å². The first-order chi connectivity index (χ1) is 12.0. The Balaban J connectivity index is 1.75. The van der Waals surface area contributed by atoms with E-state index < -0.39 is 4.92 Å². The number of hydrogen-bond acceptors (Lipinski definition) is 8. The van der Waals surface area contributed by atoms with Gasteiger partial charge in [0.1, 0.15) is 11.3 Å². The SMILES string of the molecule is COc1cc([N+](=O)[O-])c2nc(Nc3nc4cc(Cl)ccc4o3)sc2c1. The first kappa shape index (κ1) is 15.6. The number of nitrogens with one attached hydrogen (secondary N) is 1. The minimum Gasteiger partial charge on any atom is -0.496 e. The Morgan fingerprint density at radius 2 is 2.16 bits per heavy atom. The molecule has 2 heterocycles. The molecule has 0 amide bonds. The highest BCUT2D eigenvalue weighted by molar-refractivity contribution is 7.22. The van der Waals surface area contributed by atoms with Crippen molar-refractivity contribution in [1.82, 2.24) is 9.97 Å². The van der Waals surface area contributed by atoms with Gasteiger partial charge >= 0.3 is 6.01 Å². The smallest absolute Gasteiger partial charge is 0.302 e. The lowest BCUT2D eigenvalue weighted by atomic mass is 10.3. The van der Waals surface area contributed by atoms with Crippen LogP contribution in [-0.2, 0) is 0 Å². The zero-order valence-electron chi connectivity index (χ0n) is 12.6. The number of methoxy groups -OCH3 is 1. The van der Waals surface area contributed by atoms with Crippen molar-refractivity contribution < 1.29 is 14.1 Å². The summed E-state index contributed by atoms with van der Waals surface area (Å²) >= 11 is 7.16. The molecule has 0 fully saturated rings. The summed E-state index contributed by atoms with van der Waals surface area (Å²) in [6.45, 7) is 0. The number of hydrogen-bond donors (Lipinski definition) is 1. The maximum absolute atomic E-state index is 11.3. The third-order valence-corrected chi connectivity index (χ3v) is 4.60. The fraction of sp³-hybridized carbons (Fsp3) is 0.0667. The fourth-order valence-corrected chi connectivity index (χ4v) is 3.42. The molecule has 0 atom stereocenters. The van der Waals surface area contributed by atoms with Crippen LogP contribution >= 0.6 is 22.9 Å². The molecular formula is C15H9ClN4O4S. The predicted molar refractivity (Wildman–Crippen MR) is 95.1 cm³/mol. The van der Waals surface area contributed by atoms with Gasteiger partial charge in [-0.05, 0) is 18.2 Å². The molecule has 4 aromatic rings. The highest BCUT2D eigenvalue weighted by atomic mass is 35.5. The lowest BCUT2D eigenvalue weighted by Gasteiger charge is -1.99. The lowest BCUT2D eigenvalue weighted by molar-refractivity contribution is -0.383. The standard InChI is InChI=1S/C15H9ClN4O4S/c1-23-8-5-10(20(21)22)13-12(6-8)25-15(18-13)19-14-17-9-4-7(16)2-3-11(9)24-14/h2-6H,1H3,(H,17,18,19). The van der Waals surface area contributed by atoms with Crippen molar-refractivity contribution >= 4 is 61.1 Å². The van der Waals surface area contributed by atoms with Crippen LogP contribution in [0.2, 0.25) is 5.02 Å². The van der Waals surface area contributed by atoms with E-state index in [1.54, 1.807) is 24.3 Å². The third kappa shape index (κ3) is 2.83. The van der Waals surface area contributed by atoms with E-state index in [1.807, 2.05) is 0 Å². The quantitative estimate of drug-likeness (QED) is 0.404. The summed E-state index contributed by atoms with van der Waals surface area (Å²) in [5, 5.41) is 15.2. The number of fused-ring (bicyclic) bond motifs is 2. The largest absolute Gasteiger partial charge is 0.496 e. The average molecular weight is 377 g/mol. The predicted octanol–water partition coefficient (Wildman–Crippen LogP) is 4.75. The van der Waals surface area contributed by atoms with Gasteiger partial charge in [0.15, 0.2) is 16.2 Å². The van der Waals surface area contributed by atoms with Gasteiger partial charge in [-0.2, -0.15) is 4.98 Å². The van der Waals surface area contributed by atoms with E-state index in [-0.39, 0.29) is 17.2 Å². The molecule has 0 aliphatic heterocycles. The van der Waals surface area contributed by atoms with E-state index in [0.717, 1.165) is 0 Å². The summed E-state index contributed by atoms with van der Waals surface area (Å²) < 4.78 is 11.3. The van der Waals surface area contributed by atoms with Crippen molar-refractivity contribution in [3.8, 4) is 5.75 Å². The van der Waals surface area contributed by atoms with Gasteiger partial charge in [-0.1, -0.05) is 22.9 Å². The number of nitrogens with zero attached hydrogens (tertiary/aromatic N) is 3. The number of anilines is 2. The molecule has 8 nitrogen and oxygen atoms in total. The molecule has 25 heavy (non-hydrogen) atoms. The van der Waals surface area contributed by atoms with Gasteiger partial charge < -0.3 is 9.15 Å². The molecule has 0 saturated heterocycles. The first-order valence-electron chi connectivity index (χ1n) is 6.99. The number of rotatable bonds is 4. The number of thiazole rings is 1. The second-order valence-corrected chi connectivity index (χ2v) is 6.49. The van der Waals surface area contributed by atoms with Gasteiger partial charge in [-0.3, -0.25) is 15.4 Å². The van der Waals surface area contributed by atoms with Gasteiger partial charge in [0.25, 0.3) is 5.69 Å². The number of nitro groups is 1. The first-order valence-corrected chi connectivity index (χ1v) is 8.19. The van der Waals surface area contributed by atoms with Gasteiger partial charge in [0.05, 0.1) is 22.8 Å². The van der Waals surface area contributed by atoms with E-state index in [2.05, 4.69) is 15.3 Å². The molecule has 126 valence electrons. The number of nitro benzene ring substituents is 1. The van der Waals surface area contributed by atoms with Crippen LogP contribution in [0.25, 0.3) is 21.3 Å². The molecule has 4 rings (SSSR count). The summed E-state index contributed by atoms with van der Waals surface area (Å²) in [5.41, 5.74) is 1.32. The molecular weight excluding hydrogens is 368 g/mol. The van der Waals surface area contributed by atoms with Gasteiger partial charge in [-0.15, -0.1) is 0 Å². The molecule has 0 aliphatic carbocycles. The summed E-state index contributed by atoms with van der Waals surface area (Å²) in [7, 11) is 1.45. The lowest BCUT2D eigenvalue weighted by Crippen LogP contribution is -1.92. The highest BCUT2D eigenvalue weighted by Crippen LogP contribution is 2.37. The average Bonchev–Trinajstić information content (AvgIpc) is 3.15. The molecule has 2 aromatic heterocycles. The van der Waals surface area contributed by atoms with Gasteiger partial charge in [-0.25, -0.2) is 4.98 Å². The van der Waals surface area contributed by atoms with Crippen LogP contribution < -0.4 is 10.1 Å². The van der Waals surface area contributed by atoms with Crippen molar-refractivity contribution in [3.05, 3.63) is 45.5 Å². The Bertz CT molecular complexity index is 1120. The minimum absolute atomic E-state index is 0.122. The monoisotopic (exact) mass is 376 g/mol. The maximum atomic E-state index is 11.3. The van der Waals surface area contributed by atoms with Crippen molar-refractivity contribution in [2.45, 2.75) is 0 Å². The summed E-state index contributed by atoms with van der Waals surface area (Å²) in [4.78, 5) is 19.3. The van der Waals surface area contributed by atoms with Crippen LogP contribution in [0.15, 0.2) is 34.7 Å². The van der Waals surface area contributed by atoms with Crippen LogP contribution in [0.4, 0.5) is 16.8 Å². The highest BCUT2D eigenvalue weighted by Gasteiger charge is 2.19. The van der Waals surface area contributed by atoms with Crippen molar-refractivity contribution in [3.63, 3.8) is 0 Å². The molecule has 0 saturated carbocycles. The topological polar surface area (TPSA) is 103 Å². The summed E-state index contributed by atoms with van der Waals surface area (Å²) in [5.74, 6) is 0.394. The van der Waals surface area contributed by atoms with Crippen molar-refractivity contribution in [2.75, 3.05) is 12.4 Å². The van der Waals surface area contributed by atoms with Gasteiger partial charge in [0.2, 0.25) is 0 Å². The zero-order valence-corrected chi connectivity index (χ0v) is 14.2. The van der Waals surface area contributed by atoms with Crippen LogP contribution in [0, 0.1) is 10.1 Å². The molecule has 10 heteroatoms.